The van der Waals surface area contributed by atoms with Crippen molar-refractivity contribution < 1.29 is 18.0 Å². The molecule has 1 N–H and O–H groups in total. The molecule has 4 rings (SSSR count). The summed E-state index contributed by atoms with van der Waals surface area (Å²) in [5, 5.41) is 11.3. The van der Waals surface area contributed by atoms with E-state index in [0.717, 1.165) is 34.6 Å². The second-order valence-electron chi connectivity index (χ2n) is 7.09. The van der Waals surface area contributed by atoms with Crippen LogP contribution < -0.4 is 5.32 Å². The number of carbonyl (C=O) groups is 1. The van der Waals surface area contributed by atoms with E-state index in [1.165, 1.54) is 18.2 Å². The molecule has 1 amide bonds. The molecule has 2 aromatic carbocycles. The average Bonchev–Trinajstić information content (AvgIpc) is 3.22. The van der Waals surface area contributed by atoms with E-state index in [9.17, 15) is 18.0 Å². The van der Waals surface area contributed by atoms with Gasteiger partial charge in [-0.1, -0.05) is 41.6 Å². The SMILES string of the molecule is Cc1ccc(-n2c(SCC(=O)Nc3ccccc3C(F)(F)F)nnc2-c2ccncc2)cc1. The molecule has 0 spiro atoms. The average molecular weight is 469 g/mol. The molecular formula is C23H18F3N5OS. The summed E-state index contributed by atoms with van der Waals surface area (Å²) in [6.45, 7) is 1.97. The van der Waals surface area contributed by atoms with Crippen LogP contribution >= 0.6 is 11.8 Å². The lowest BCUT2D eigenvalue weighted by Gasteiger charge is -2.13. The zero-order valence-corrected chi connectivity index (χ0v) is 18.2. The van der Waals surface area contributed by atoms with Crippen LogP contribution in [0.25, 0.3) is 17.1 Å². The van der Waals surface area contributed by atoms with E-state index in [1.807, 2.05) is 31.2 Å². The summed E-state index contributed by atoms with van der Waals surface area (Å²) < 4.78 is 41.4. The van der Waals surface area contributed by atoms with Gasteiger partial charge in [0.25, 0.3) is 0 Å². The van der Waals surface area contributed by atoms with Crippen LogP contribution in [0.4, 0.5) is 18.9 Å². The number of para-hydroxylation sites is 1. The predicted octanol–water partition coefficient (Wildman–Crippen LogP) is 5.39. The van der Waals surface area contributed by atoms with Gasteiger partial charge in [-0.05, 0) is 43.3 Å². The van der Waals surface area contributed by atoms with E-state index >= 15 is 0 Å². The number of hydrogen-bond acceptors (Lipinski definition) is 5. The number of nitrogens with zero attached hydrogens (tertiary/aromatic N) is 4. The third kappa shape index (κ3) is 5.23. The predicted molar refractivity (Wildman–Crippen MR) is 120 cm³/mol. The summed E-state index contributed by atoms with van der Waals surface area (Å²) in [5.74, 6) is -0.167. The number of rotatable bonds is 6. The maximum absolute atomic E-state index is 13.2. The van der Waals surface area contributed by atoms with Crippen LogP contribution in [0.2, 0.25) is 0 Å². The molecule has 0 aliphatic heterocycles. The number of alkyl halides is 3. The molecule has 0 radical (unpaired) electrons. The number of hydrogen-bond donors (Lipinski definition) is 1. The first kappa shape index (κ1) is 22.5. The first-order valence-electron chi connectivity index (χ1n) is 9.84. The van der Waals surface area contributed by atoms with Crippen molar-refractivity contribution in [2.75, 3.05) is 11.1 Å². The van der Waals surface area contributed by atoms with Gasteiger partial charge < -0.3 is 5.32 Å². The van der Waals surface area contributed by atoms with Crippen molar-refractivity contribution in [2.45, 2.75) is 18.3 Å². The van der Waals surface area contributed by atoms with Gasteiger partial charge in [-0.15, -0.1) is 10.2 Å². The molecule has 0 unspecified atom stereocenters. The highest BCUT2D eigenvalue weighted by Gasteiger charge is 2.33. The van der Waals surface area contributed by atoms with Crippen LogP contribution in [0.15, 0.2) is 78.2 Å². The van der Waals surface area contributed by atoms with E-state index in [4.69, 9.17) is 0 Å². The third-order valence-corrected chi connectivity index (χ3v) is 5.63. The molecule has 0 saturated heterocycles. The summed E-state index contributed by atoms with van der Waals surface area (Å²) in [7, 11) is 0. The van der Waals surface area contributed by atoms with E-state index < -0.39 is 17.6 Å². The third-order valence-electron chi connectivity index (χ3n) is 4.70. The minimum Gasteiger partial charge on any atom is -0.325 e. The molecule has 33 heavy (non-hydrogen) atoms. The van der Waals surface area contributed by atoms with Crippen LogP contribution in [0, 0.1) is 6.92 Å². The summed E-state index contributed by atoms with van der Waals surface area (Å²) in [6.07, 6.45) is -1.29. The Hall–Kier alpha value is -3.66. The number of pyridine rings is 1. The van der Waals surface area contributed by atoms with Gasteiger partial charge in [-0.3, -0.25) is 14.3 Å². The van der Waals surface area contributed by atoms with Crippen LogP contribution in [0.5, 0.6) is 0 Å². The summed E-state index contributed by atoms with van der Waals surface area (Å²) in [5.41, 5.74) is 1.48. The molecule has 0 atom stereocenters. The van der Waals surface area contributed by atoms with Crippen molar-refractivity contribution in [3.63, 3.8) is 0 Å². The maximum atomic E-state index is 13.2. The van der Waals surface area contributed by atoms with Crippen molar-refractivity contribution in [1.82, 2.24) is 19.7 Å². The molecule has 2 aromatic heterocycles. The summed E-state index contributed by atoms with van der Waals surface area (Å²) in [6, 6.07) is 16.2. The van der Waals surface area contributed by atoms with Crippen LogP contribution in [-0.4, -0.2) is 31.4 Å². The molecule has 0 aliphatic carbocycles. The van der Waals surface area contributed by atoms with Gasteiger partial charge in [-0.2, -0.15) is 13.2 Å². The number of anilines is 1. The molecule has 6 nitrogen and oxygen atoms in total. The van der Waals surface area contributed by atoms with Crippen molar-refractivity contribution in [3.05, 3.63) is 84.2 Å². The quantitative estimate of drug-likeness (QED) is 0.384. The van der Waals surface area contributed by atoms with E-state index in [1.54, 1.807) is 29.1 Å². The molecular weight excluding hydrogens is 451 g/mol. The largest absolute Gasteiger partial charge is 0.418 e. The van der Waals surface area contributed by atoms with E-state index in [2.05, 4.69) is 20.5 Å². The number of aromatic nitrogens is 4. The first-order valence-corrected chi connectivity index (χ1v) is 10.8. The minimum absolute atomic E-state index is 0.146. The Kier molecular flexibility index (Phi) is 6.45. The molecule has 0 saturated carbocycles. The number of thioether (sulfide) groups is 1. The second kappa shape index (κ2) is 9.45. The molecule has 4 aromatic rings. The van der Waals surface area contributed by atoms with Crippen LogP contribution in [0.1, 0.15) is 11.1 Å². The Balaban J connectivity index is 1.58. The number of carbonyl (C=O) groups excluding carboxylic acids is 1. The lowest BCUT2D eigenvalue weighted by Crippen LogP contribution is -2.18. The highest BCUT2D eigenvalue weighted by Crippen LogP contribution is 2.35. The van der Waals surface area contributed by atoms with Gasteiger partial charge in [-0.25, -0.2) is 0 Å². The lowest BCUT2D eigenvalue weighted by atomic mass is 10.1. The smallest absolute Gasteiger partial charge is 0.325 e. The second-order valence-corrected chi connectivity index (χ2v) is 8.04. The van der Waals surface area contributed by atoms with Gasteiger partial charge in [0.05, 0.1) is 17.0 Å². The number of halogens is 3. The fourth-order valence-electron chi connectivity index (χ4n) is 3.13. The molecule has 0 aliphatic rings. The highest BCUT2D eigenvalue weighted by molar-refractivity contribution is 7.99. The number of amides is 1. The van der Waals surface area contributed by atoms with Crippen molar-refractivity contribution in [3.8, 4) is 17.1 Å². The topological polar surface area (TPSA) is 72.7 Å². The number of nitrogens with one attached hydrogen (secondary N) is 1. The fourth-order valence-corrected chi connectivity index (χ4v) is 3.89. The van der Waals surface area contributed by atoms with Gasteiger partial charge in [0.2, 0.25) is 5.91 Å². The summed E-state index contributed by atoms with van der Waals surface area (Å²) in [4.78, 5) is 16.5. The van der Waals surface area contributed by atoms with Crippen LogP contribution in [0.3, 0.4) is 0 Å². The van der Waals surface area contributed by atoms with Gasteiger partial charge in [0, 0.05) is 23.6 Å². The van der Waals surface area contributed by atoms with Crippen molar-refractivity contribution in [2.24, 2.45) is 0 Å². The standard InChI is InChI=1S/C23H18F3N5OS/c1-15-6-8-17(9-7-15)31-21(16-10-12-27-13-11-16)29-30-22(31)33-14-20(32)28-19-5-3-2-4-18(19)23(24,25)26/h2-13H,14H2,1H3,(H,28,32). The minimum atomic E-state index is -4.57. The molecule has 0 fully saturated rings. The van der Waals surface area contributed by atoms with Crippen molar-refractivity contribution >= 4 is 23.4 Å². The normalized spacial score (nSPS) is 11.4. The van der Waals surface area contributed by atoms with Crippen molar-refractivity contribution in [1.29, 1.82) is 0 Å². The Morgan fingerprint density at radius 3 is 2.39 bits per heavy atom. The molecule has 168 valence electrons. The summed E-state index contributed by atoms with van der Waals surface area (Å²) >= 11 is 1.08. The Morgan fingerprint density at radius 2 is 1.70 bits per heavy atom. The number of benzene rings is 2. The zero-order chi connectivity index (χ0) is 23.4. The van der Waals surface area contributed by atoms with Gasteiger partial charge >= 0.3 is 6.18 Å². The lowest BCUT2D eigenvalue weighted by molar-refractivity contribution is -0.137. The fraction of sp³-hybridized carbons (Fsp3) is 0.130. The van der Waals surface area contributed by atoms with E-state index in [-0.39, 0.29) is 11.4 Å². The number of aryl methyl sites for hydroxylation is 1. The maximum Gasteiger partial charge on any atom is 0.418 e. The Morgan fingerprint density at radius 1 is 1.00 bits per heavy atom. The monoisotopic (exact) mass is 469 g/mol. The Labute approximate surface area is 191 Å². The van der Waals surface area contributed by atoms with E-state index in [0.29, 0.717) is 11.0 Å². The molecule has 10 heteroatoms. The first-order chi connectivity index (χ1) is 15.8. The Bertz CT molecular complexity index is 1260. The molecule has 0 bridgehead atoms. The highest BCUT2D eigenvalue weighted by atomic mass is 32.2. The van der Waals surface area contributed by atoms with Crippen LogP contribution in [-0.2, 0) is 11.0 Å². The van der Waals surface area contributed by atoms with Gasteiger partial charge in [0.15, 0.2) is 11.0 Å². The molecule has 2 heterocycles. The zero-order valence-electron chi connectivity index (χ0n) is 17.4. The van der Waals surface area contributed by atoms with Gasteiger partial charge in [0.1, 0.15) is 0 Å².